The van der Waals surface area contributed by atoms with Gasteiger partial charge in [0.05, 0.1) is 29.8 Å². The van der Waals surface area contributed by atoms with Crippen molar-refractivity contribution in [3.05, 3.63) is 59.0 Å². The maximum atomic E-state index is 13.0. The van der Waals surface area contributed by atoms with Crippen LogP contribution < -0.4 is 4.74 Å². The Hall–Kier alpha value is -3.19. The molecule has 3 aromatic rings. The molecule has 0 spiro atoms. The van der Waals surface area contributed by atoms with Crippen molar-refractivity contribution < 1.29 is 23.8 Å². The predicted molar refractivity (Wildman–Crippen MR) is 100.0 cm³/mol. The number of ether oxygens (including phenoxy) is 2. The first kappa shape index (κ1) is 18.6. The maximum absolute atomic E-state index is 13.0. The van der Waals surface area contributed by atoms with E-state index in [1.807, 2.05) is 0 Å². The molecule has 0 bridgehead atoms. The van der Waals surface area contributed by atoms with E-state index in [2.05, 4.69) is 10.2 Å². The molecular formula is C20H19FN2O4. The molecule has 0 aliphatic rings. The smallest absolute Gasteiger partial charge is 0.341 e. The Labute approximate surface area is 155 Å². The summed E-state index contributed by atoms with van der Waals surface area (Å²) >= 11 is 0. The Morgan fingerprint density at radius 1 is 1.22 bits per heavy atom. The number of esters is 1. The number of carbonyl (C=O) groups is 1. The number of carbonyl (C=O) groups excluding carboxylic acids is 1. The van der Waals surface area contributed by atoms with Gasteiger partial charge in [0.1, 0.15) is 23.7 Å². The van der Waals surface area contributed by atoms with Crippen LogP contribution in [0.5, 0.6) is 5.75 Å². The summed E-state index contributed by atoms with van der Waals surface area (Å²) in [7, 11) is 0. The Bertz CT molecular complexity index is 964. The van der Waals surface area contributed by atoms with Gasteiger partial charge in [-0.1, -0.05) is 18.2 Å². The van der Waals surface area contributed by atoms with E-state index in [0.29, 0.717) is 22.3 Å². The van der Waals surface area contributed by atoms with Gasteiger partial charge in [0, 0.05) is 0 Å². The number of nitrogens with one attached hydrogen (secondary N) is 1. The lowest BCUT2D eigenvalue weighted by atomic mass is 10.1. The number of nitrogens with zero attached hydrogens (tertiary/aromatic N) is 1. The summed E-state index contributed by atoms with van der Waals surface area (Å²) in [5.74, 6) is -0.523. The van der Waals surface area contributed by atoms with E-state index >= 15 is 0 Å². The van der Waals surface area contributed by atoms with Crippen LogP contribution in [0, 0.1) is 5.82 Å². The average molecular weight is 370 g/mol. The summed E-state index contributed by atoms with van der Waals surface area (Å²) in [6, 6.07) is 9.35. The van der Waals surface area contributed by atoms with Gasteiger partial charge in [-0.2, -0.15) is 5.10 Å². The Kier molecular flexibility index (Phi) is 5.83. The van der Waals surface area contributed by atoms with E-state index in [1.165, 1.54) is 12.1 Å². The van der Waals surface area contributed by atoms with Gasteiger partial charge in [0.2, 0.25) is 0 Å². The molecule has 0 unspecified atom stereocenters. The van der Waals surface area contributed by atoms with Gasteiger partial charge < -0.3 is 14.6 Å². The summed E-state index contributed by atoms with van der Waals surface area (Å²) in [5.41, 5.74) is 2.28. The molecule has 0 radical (unpaired) electrons. The first-order valence-corrected chi connectivity index (χ1v) is 8.49. The zero-order chi connectivity index (χ0) is 19.2. The van der Waals surface area contributed by atoms with Crippen molar-refractivity contribution in [2.75, 3.05) is 19.8 Å². The van der Waals surface area contributed by atoms with Crippen molar-refractivity contribution >= 4 is 29.0 Å². The molecule has 0 aliphatic carbocycles. The lowest BCUT2D eigenvalue weighted by molar-refractivity contribution is 0.0521. The first-order valence-electron chi connectivity index (χ1n) is 8.49. The van der Waals surface area contributed by atoms with Crippen LogP contribution in [0.2, 0.25) is 0 Å². The van der Waals surface area contributed by atoms with Crippen LogP contribution in [0.15, 0.2) is 36.4 Å². The SMILES string of the molecule is CCOC(=O)c1ccc2[nH]nc(C=Cc3ccc(F)cc3)c2c1OCCO. The number of hydrogen-bond acceptors (Lipinski definition) is 5. The van der Waals surface area contributed by atoms with Crippen LogP contribution in [0.3, 0.4) is 0 Å². The molecule has 1 heterocycles. The molecule has 140 valence electrons. The summed E-state index contributed by atoms with van der Waals surface area (Å²) < 4.78 is 23.8. The Balaban J connectivity index is 2.06. The molecule has 0 aliphatic heterocycles. The number of aromatic nitrogens is 2. The van der Waals surface area contributed by atoms with Crippen LogP contribution in [-0.2, 0) is 4.74 Å². The predicted octanol–water partition coefficient (Wildman–Crippen LogP) is 3.42. The van der Waals surface area contributed by atoms with Crippen molar-refractivity contribution in [3.8, 4) is 5.75 Å². The molecule has 2 aromatic carbocycles. The minimum absolute atomic E-state index is 0.0256. The fraction of sp³-hybridized carbons (Fsp3) is 0.200. The van der Waals surface area contributed by atoms with Gasteiger partial charge in [-0.15, -0.1) is 0 Å². The first-order chi connectivity index (χ1) is 13.1. The number of H-pyrrole nitrogens is 1. The quantitative estimate of drug-likeness (QED) is 0.623. The highest BCUT2D eigenvalue weighted by Crippen LogP contribution is 2.33. The molecule has 0 atom stereocenters. The van der Waals surface area contributed by atoms with Crippen LogP contribution in [0.4, 0.5) is 4.39 Å². The van der Waals surface area contributed by atoms with Gasteiger partial charge in [-0.05, 0) is 42.8 Å². The molecule has 6 nitrogen and oxygen atoms in total. The van der Waals surface area contributed by atoms with Crippen LogP contribution >= 0.6 is 0 Å². The number of fused-ring (bicyclic) bond motifs is 1. The Morgan fingerprint density at radius 3 is 2.70 bits per heavy atom. The third-order valence-corrected chi connectivity index (χ3v) is 3.85. The van der Waals surface area contributed by atoms with E-state index < -0.39 is 5.97 Å². The normalized spacial score (nSPS) is 11.2. The number of hydrogen-bond donors (Lipinski definition) is 2. The molecule has 1 aromatic heterocycles. The van der Waals surface area contributed by atoms with Crippen molar-refractivity contribution in [2.45, 2.75) is 6.92 Å². The summed E-state index contributed by atoms with van der Waals surface area (Å²) in [6.07, 6.45) is 3.52. The van der Waals surface area contributed by atoms with E-state index in [-0.39, 0.29) is 31.2 Å². The second kappa shape index (κ2) is 8.46. The summed E-state index contributed by atoms with van der Waals surface area (Å²) in [6.45, 7) is 1.79. The molecule has 0 saturated carbocycles. The van der Waals surface area contributed by atoms with Crippen molar-refractivity contribution in [1.82, 2.24) is 10.2 Å². The van der Waals surface area contributed by atoms with E-state index in [0.717, 1.165) is 5.56 Å². The lowest BCUT2D eigenvalue weighted by Crippen LogP contribution is -2.10. The highest BCUT2D eigenvalue weighted by atomic mass is 19.1. The molecule has 7 heteroatoms. The number of halogens is 1. The minimum Gasteiger partial charge on any atom is -0.489 e. The molecule has 0 saturated heterocycles. The van der Waals surface area contributed by atoms with E-state index in [4.69, 9.17) is 14.6 Å². The van der Waals surface area contributed by atoms with Crippen LogP contribution in [0.25, 0.3) is 23.1 Å². The molecule has 27 heavy (non-hydrogen) atoms. The fourth-order valence-electron chi connectivity index (χ4n) is 2.64. The zero-order valence-electron chi connectivity index (χ0n) is 14.7. The van der Waals surface area contributed by atoms with Crippen molar-refractivity contribution in [2.24, 2.45) is 0 Å². The van der Waals surface area contributed by atoms with E-state index in [1.54, 1.807) is 43.3 Å². The molecule has 0 amide bonds. The fourth-order valence-corrected chi connectivity index (χ4v) is 2.64. The molecule has 0 fully saturated rings. The maximum Gasteiger partial charge on any atom is 0.341 e. The topological polar surface area (TPSA) is 84.4 Å². The van der Waals surface area contributed by atoms with Gasteiger partial charge >= 0.3 is 5.97 Å². The molecule has 2 N–H and O–H groups in total. The number of rotatable bonds is 7. The van der Waals surface area contributed by atoms with Gasteiger partial charge in [0.15, 0.2) is 0 Å². The second-order valence-electron chi connectivity index (χ2n) is 5.65. The number of aromatic amines is 1. The second-order valence-corrected chi connectivity index (χ2v) is 5.65. The highest BCUT2D eigenvalue weighted by Gasteiger charge is 2.20. The van der Waals surface area contributed by atoms with E-state index in [9.17, 15) is 9.18 Å². The number of aliphatic hydroxyl groups excluding tert-OH is 1. The van der Waals surface area contributed by atoms with Crippen LogP contribution in [0.1, 0.15) is 28.5 Å². The van der Waals surface area contributed by atoms with Gasteiger partial charge in [0.25, 0.3) is 0 Å². The van der Waals surface area contributed by atoms with Crippen molar-refractivity contribution in [3.63, 3.8) is 0 Å². The van der Waals surface area contributed by atoms with Gasteiger partial charge in [-0.3, -0.25) is 5.10 Å². The third kappa shape index (κ3) is 4.15. The monoisotopic (exact) mass is 370 g/mol. The zero-order valence-corrected chi connectivity index (χ0v) is 14.7. The third-order valence-electron chi connectivity index (χ3n) is 3.85. The van der Waals surface area contributed by atoms with Crippen molar-refractivity contribution in [1.29, 1.82) is 0 Å². The number of benzene rings is 2. The standard InChI is InChI=1S/C20H19FN2O4/c1-2-26-20(25)15-8-10-17-18(19(15)27-12-11-24)16(22-23-17)9-5-13-3-6-14(21)7-4-13/h3-10,24H,2,11-12H2,1H3,(H,22,23). The Morgan fingerprint density at radius 2 is 2.00 bits per heavy atom. The minimum atomic E-state index is -0.512. The van der Waals surface area contributed by atoms with Crippen LogP contribution in [-0.4, -0.2) is 41.1 Å². The van der Waals surface area contributed by atoms with Gasteiger partial charge in [-0.25, -0.2) is 9.18 Å². The largest absolute Gasteiger partial charge is 0.489 e. The average Bonchev–Trinajstić information content (AvgIpc) is 3.09. The number of aliphatic hydroxyl groups is 1. The lowest BCUT2D eigenvalue weighted by Gasteiger charge is -2.11. The molecular weight excluding hydrogens is 351 g/mol. The summed E-state index contributed by atoms with van der Waals surface area (Å²) in [4.78, 5) is 12.3. The summed E-state index contributed by atoms with van der Waals surface area (Å²) in [5, 5.41) is 16.9. The molecule has 3 rings (SSSR count). The highest BCUT2D eigenvalue weighted by molar-refractivity contribution is 6.03.